The lowest BCUT2D eigenvalue weighted by molar-refractivity contribution is -0.136. The number of rotatable bonds is 38. The minimum absolute atomic E-state index is 0.00342. The predicted octanol–water partition coefficient (Wildman–Crippen LogP) is 5.46. The third kappa shape index (κ3) is 19.8. The molecule has 0 saturated carbocycles. The molecule has 3 aromatic heterocycles. The van der Waals surface area contributed by atoms with Crippen molar-refractivity contribution in [1.82, 2.24) is 34.7 Å². The Morgan fingerprint density at radius 1 is 0.776 bits per heavy atom. The molecule has 2 unspecified atom stereocenters. The van der Waals surface area contributed by atoms with Crippen LogP contribution in [0.25, 0.3) is 11.0 Å². The number of halogens is 4. The number of anilines is 1. The van der Waals surface area contributed by atoms with Crippen molar-refractivity contribution in [1.29, 1.82) is 0 Å². The molecule has 22 nitrogen and oxygen atoms in total. The molecular formula is C48H63ClF3N8O14PS. The van der Waals surface area contributed by atoms with E-state index in [2.05, 4.69) is 47.1 Å². The standard InChI is InChI=1S/C48H63ClF3N8O14PS/c49-48-54-46(40-27-53-60(47(40)55-48)43-6-5-39(73-43)32-76-33-75(62)63)58-28-35(29-58)34-1-3-38(4-2-34)72-24-23-70-20-19-68-17-18-69-21-22-71-31-37-30-59(57-56-37)8-10-65-12-14-67-16-15-66-13-11-64-9-7-44(61)74-45-41(51)25-36(50)26-42(45)52/h1-4,25-27,30,35,39,43,62-63H,5-24,28-29,31-33H2. The molecule has 5 aromatic rings. The molecule has 2 aliphatic heterocycles. The Hall–Kier alpha value is -4.38. The number of benzene rings is 2. The first-order valence-electron chi connectivity index (χ1n) is 24.7. The summed E-state index contributed by atoms with van der Waals surface area (Å²) in [5.74, 6) is -3.07. The van der Waals surface area contributed by atoms with Crippen molar-refractivity contribution < 1.29 is 79.9 Å². The monoisotopic (exact) mass is 1130 g/mol. The minimum atomic E-state index is -1.92. The molecule has 2 aromatic carbocycles. The molecule has 76 heavy (non-hydrogen) atoms. The van der Waals surface area contributed by atoms with Gasteiger partial charge in [0.15, 0.2) is 31.9 Å². The molecule has 0 spiro atoms. The van der Waals surface area contributed by atoms with Crippen LogP contribution in [0.15, 0.2) is 48.8 Å². The fraction of sp³-hybridized carbons (Fsp3) is 0.583. The van der Waals surface area contributed by atoms with Gasteiger partial charge in [0.25, 0.3) is 0 Å². The molecule has 0 bridgehead atoms. The Balaban J connectivity index is 0.612. The summed E-state index contributed by atoms with van der Waals surface area (Å²) in [4.78, 5) is 41.4. The summed E-state index contributed by atoms with van der Waals surface area (Å²) in [5, 5.41) is 13.8. The summed E-state index contributed by atoms with van der Waals surface area (Å²) in [6, 6.07) is 8.97. The third-order valence-corrected chi connectivity index (χ3v) is 13.9. The van der Waals surface area contributed by atoms with Crippen molar-refractivity contribution in [3.05, 3.63) is 82.8 Å². The largest absolute Gasteiger partial charge is 0.491 e. The predicted molar refractivity (Wildman–Crippen MR) is 271 cm³/mol. The number of thioether (sulfide) groups is 1. The fourth-order valence-electron chi connectivity index (χ4n) is 7.73. The molecule has 2 atom stereocenters. The molecule has 28 heteroatoms. The molecule has 0 aliphatic carbocycles. The topological polar surface area (TPSA) is 237 Å². The number of nitrogens with zero attached hydrogens (tertiary/aromatic N) is 8. The zero-order valence-corrected chi connectivity index (χ0v) is 44.2. The maximum absolute atomic E-state index is 13.6. The van der Waals surface area contributed by atoms with E-state index < -0.39 is 37.5 Å². The SMILES string of the molecule is O=C(CCOCCOCCOCCOCCn1cc(COCCOCCOCCOCCOc2ccc(C3CN(c4nc(Cl)nc5c4cnn5C4CCC(CSCP(O)O)O4)C3)cc2)nn1)Oc1c(F)cc(F)cc1F. The summed E-state index contributed by atoms with van der Waals surface area (Å²) in [6.45, 7) is 7.98. The summed E-state index contributed by atoms with van der Waals surface area (Å²) < 4.78 is 104. The van der Waals surface area contributed by atoms with Crippen LogP contribution in [0.3, 0.4) is 0 Å². The first-order chi connectivity index (χ1) is 37.1. The zero-order chi connectivity index (χ0) is 53.3. The van der Waals surface area contributed by atoms with Crippen LogP contribution in [0.2, 0.25) is 5.28 Å². The van der Waals surface area contributed by atoms with Crippen molar-refractivity contribution in [2.24, 2.45) is 0 Å². The lowest BCUT2D eigenvalue weighted by atomic mass is 9.91. The summed E-state index contributed by atoms with van der Waals surface area (Å²) in [6.07, 6.45) is 4.67. The van der Waals surface area contributed by atoms with Gasteiger partial charge >= 0.3 is 5.97 Å². The van der Waals surface area contributed by atoms with E-state index in [-0.39, 0.29) is 43.9 Å². The van der Waals surface area contributed by atoms with Gasteiger partial charge in [-0.3, -0.25) is 4.79 Å². The summed E-state index contributed by atoms with van der Waals surface area (Å²) >= 11 is 7.89. The summed E-state index contributed by atoms with van der Waals surface area (Å²) in [5.41, 5.74) is 2.84. The first kappa shape index (κ1) is 59.3. The van der Waals surface area contributed by atoms with E-state index >= 15 is 0 Å². The second kappa shape index (κ2) is 32.5. The Labute approximate surface area is 447 Å². The highest BCUT2D eigenvalue weighted by Crippen LogP contribution is 2.38. The molecule has 2 aliphatic rings. The maximum Gasteiger partial charge on any atom is 0.313 e. The fourth-order valence-corrected chi connectivity index (χ4v) is 9.47. The molecule has 418 valence electrons. The maximum atomic E-state index is 13.6. The molecule has 2 saturated heterocycles. The Morgan fingerprint density at radius 2 is 1.38 bits per heavy atom. The number of carbonyl (C=O) groups is 1. The molecule has 7 rings (SSSR count). The lowest BCUT2D eigenvalue weighted by Crippen LogP contribution is -2.45. The summed E-state index contributed by atoms with van der Waals surface area (Å²) in [7, 11) is -1.92. The van der Waals surface area contributed by atoms with Crippen LogP contribution < -0.4 is 14.4 Å². The number of esters is 1. The van der Waals surface area contributed by atoms with E-state index in [0.717, 1.165) is 42.9 Å². The van der Waals surface area contributed by atoms with E-state index in [9.17, 15) is 27.8 Å². The van der Waals surface area contributed by atoms with Crippen LogP contribution >= 0.6 is 31.7 Å². The van der Waals surface area contributed by atoms with Gasteiger partial charge < -0.3 is 66.8 Å². The van der Waals surface area contributed by atoms with Gasteiger partial charge in [0.1, 0.15) is 29.7 Å². The smallest absolute Gasteiger partial charge is 0.313 e. The van der Waals surface area contributed by atoms with Crippen LogP contribution in [0.4, 0.5) is 19.0 Å². The van der Waals surface area contributed by atoms with Crippen LogP contribution in [0, 0.1) is 17.5 Å². The first-order valence-corrected chi connectivity index (χ1v) is 27.7. The quantitative estimate of drug-likeness (QED) is 0.0164. The molecular weight excluding hydrogens is 1070 g/mol. The van der Waals surface area contributed by atoms with Crippen molar-refractivity contribution in [3.8, 4) is 11.5 Å². The van der Waals surface area contributed by atoms with E-state index in [1.165, 1.54) is 17.3 Å². The molecule has 0 radical (unpaired) electrons. The van der Waals surface area contributed by atoms with E-state index in [0.29, 0.717) is 140 Å². The average molecular weight is 1130 g/mol. The van der Waals surface area contributed by atoms with Gasteiger partial charge in [-0.1, -0.05) is 17.3 Å². The normalized spacial score (nSPS) is 15.9. The van der Waals surface area contributed by atoms with Gasteiger partial charge in [0.2, 0.25) is 11.0 Å². The van der Waals surface area contributed by atoms with Gasteiger partial charge in [0, 0.05) is 36.9 Å². The second-order valence-electron chi connectivity index (χ2n) is 17.1. The number of aromatic nitrogens is 7. The van der Waals surface area contributed by atoms with Crippen LogP contribution in [0.1, 0.15) is 42.7 Å². The highest BCUT2D eigenvalue weighted by molar-refractivity contribution is 8.03. The number of fused-ring (bicyclic) bond motifs is 1. The Bertz CT molecular complexity index is 2480. The van der Waals surface area contributed by atoms with Gasteiger partial charge in [-0.15, -0.1) is 16.9 Å². The third-order valence-electron chi connectivity index (χ3n) is 11.5. The van der Waals surface area contributed by atoms with Crippen LogP contribution in [0.5, 0.6) is 11.5 Å². The van der Waals surface area contributed by atoms with E-state index in [1.807, 2.05) is 12.1 Å². The number of ether oxygens (including phenoxy) is 11. The van der Waals surface area contributed by atoms with Crippen molar-refractivity contribution >= 4 is 54.6 Å². The van der Waals surface area contributed by atoms with Crippen LogP contribution in [-0.4, -0.2) is 187 Å². The number of hydrogen-bond donors (Lipinski definition) is 2. The van der Waals surface area contributed by atoms with Crippen molar-refractivity contribution in [3.63, 3.8) is 0 Å². The van der Waals surface area contributed by atoms with Gasteiger partial charge in [-0.2, -0.15) is 15.1 Å². The van der Waals surface area contributed by atoms with Gasteiger partial charge in [-0.25, -0.2) is 22.5 Å². The second-order valence-corrected chi connectivity index (χ2v) is 19.9. The molecule has 2 N–H and O–H groups in total. The van der Waals surface area contributed by atoms with Crippen LogP contribution in [-0.2, 0) is 60.6 Å². The van der Waals surface area contributed by atoms with E-state index in [4.69, 9.17) is 59.0 Å². The minimum Gasteiger partial charge on any atom is -0.491 e. The zero-order valence-electron chi connectivity index (χ0n) is 41.8. The Morgan fingerprint density at radius 3 is 2.03 bits per heavy atom. The van der Waals surface area contributed by atoms with Crippen molar-refractivity contribution in [2.75, 3.05) is 135 Å². The molecule has 5 heterocycles. The lowest BCUT2D eigenvalue weighted by Gasteiger charge is -2.40. The van der Waals surface area contributed by atoms with E-state index in [1.54, 1.807) is 21.8 Å². The average Bonchev–Trinajstić information content (AvgIpc) is 4.16. The van der Waals surface area contributed by atoms with Gasteiger partial charge in [-0.05, 0) is 42.1 Å². The number of hydrogen-bond acceptors (Lipinski definition) is 21. The molecule has 2 fully saturated rings. The number of carbonyl (C=O) groups excluding carboxylic acids is 1. The molecule has 0 amide bonds. The van der Waals surface area contributed by atoms with Crippen molar-refractivity contribution in [2.45, 2.75) is 50.7 Å². The highest BCUT2D eigenvalue weighted by atomic mass is 35.5. The highest BCUT2D eigenvalue weighted by Gasteiger charge is 2.34. The van der Waals surface area contributed by atoms with Gasteiger partial charge in [0.05, 0.1) is 148 Å². The Kier molecular flexibility index (Phi) is 25.4.